The summed E-state index contributed by atoms with van der Waals surface area (Å²) in [5.74, 6) is 1.29. The fourth-order valence-corrected chi connectivity index (χ4v) is 2.01. The minimum atomic E-state index is -0.355. The van der Waals surface area contributed by atoms with Crippen LogP contribution in [0.2, 0.25) is 0 Å². The lowest BCUT2D eigenvalue weighted by Crippen LogP contribution is -2.12. The number of benzene rings is 1. The van der Waals surface area contributed by atoms with Crippen molar-refractivity contribution in [2.75, 3.05) is 0 Å². The quantitative estimate of drug-likeness (QED) is 0.889. The second-order valence-electron chi connectivity index (χ2n) is 5.51. The molecule has 0 saturated carbocycles. The first-order valence-corrected chi connectivity index (χ1v) is 7.02. The van der Waals surface area contributed by atoms with Crippen LogP contribution < -0.4 is 10.5 Å². The molecule has 1 atom stereocenters. The summed E-state index contributed by atoms with van der Waals surface area (Å²) in [6.07, 6.45) is 1.50. The van der Waals surface area contributed by atoms with Crippen molar-refractivity contribution < 1.29 is 9.13 Å². The molecule has 1 aromatic heterocycles. The van der Waals surface area contributed by atoms with Crippen LogP contribution in [-0.4, -0.2) is 14.8 Å². The molecule has 0 aliphatic rings. The Morgan fingerprint density at radius 3 is 2.71 bits per heavy atom. The average Bonchev–Trinajstić information content (AvgIpc) is 2.82. The molecule has 2 N–H and O–H groups in total. The topological polar surface area (TPSA) is 66.0 Å². The van der Waals surface area contributed by atoms with Gasteiger partial charge in [-0.2, -0.15) is 5.10 Å². The zero-order valence-corrected chi connectivity index (χ0v) is 12.6. The fourth-order valence-electron chi connectivity index (χ4n) is 2.01. The van der Waals surface area contributed by atoms with Crippen molar-refractivity contribution in [3.8, 4) is 5.75 Å². The van der Waals surface area contributed by atoms with Gasteiger partial charge in [0.25, 0.3) is 0 Å². The van der Waals surface area contributed by atoms with E-state index in [1.807, 2.05) is 0 Å². The van der Waals surface area contributed by atoms with Gasteiger partial charge in [-0.25, -0.2) is 14.1 Å². The van der Waals surface area contributed by atoms with Crippen LogP contribution in [0.3, 0.4) is 0 Å². The number of hydrogen-bond acceptors (Lipinski definition) is 4. The van der Waals surface area contributed by atoms with E-state index in [-0.39, 0.29) is 18.5 Å². The van der Waals surface area contributed by atoms with Crippen LogP contribution >= 0.6 is 0 Å². The summed E-state index contributed by atoms with van der Waals surface area (Å²) in [5.41, 5.74) is 6.16. The molecule has 114 valence electrons. The molecule has 2 rings (SSSR count). The van der Waals surface area contributed by atoms with Crippen LogP contribution in [0.4, 0.5) is 4.39 Å². The highest BCUT2D eigenvalue weighted by Crippen LogP contribution is 2.21. The molecule has 5 nitrogen and oxygen atoms in total. The highest BCUT2D eigenvalue weighted by Gasteiger charge is 2.10. The lowest BCUT2D eigenvalue weighted by atomic mass is 10.1. The summed E-state index contributed by atoms with van der Waals surface area (Å²) in [6, 6.07) is 4.37. The van der Waals surface area contributed by atoms with E-state index in [1.54, 1.807) is 23.7 Å². The fraction of sp³-hybridized carbons (Fsp3) is 0.467. The second-order valence-corrected chi connectivity index (χ2v) is 5.51. The smallest absolute Gasteiger partial charge is 0.164 e. The van der Waals surface area contributed by atoms with Crippen LogP contribution in [0.15, 0.2) is 24.5 Å². The van der Waals surface area contributed by atoms with Gasteiger partial charge in [0.15, 0.2) is 5.82 Å². The van der Waals surface area contributed by atoms with Crippen LogP contribution in [0.5, 0.6) is 5.75 Å². The minimum Gasteiger partial charge on any atom is -0.486 e. The molecule has 0 aliphatic heterocycles. The van der Waals surface area contributed by atoms with Gasteiger partial charge in [-0.3, -0.25) is 0 Å². The monoisotopic (exact) mass is 292 g/mol. The van der Waals surface area contributed by atoms with Crippen LogP contribution in [0.1, 0.15) is 38.2 Å². The summed E-state index contributed by atoms with van der Waals surface area (Å²) >= 11 is 0. The zero-order valence-electron chi connectivity index (χ0n) is 12.6. The predicted molar refractivity (Wildman–Crippen MR) is 78.2 cm³/mol. The van der Waals surface area contributed by atoms with Crippen molar-refractivity contribution in [2.45, 2.75) is 40.0 Å². The van der Waals surface area contributed by atoms with Gasteiger partial charge in [0.2, 0.25) is 0 Å². The summed E-state index contributed by atoms with van der Waals surface area (Å²) in [7, 11) is 0. The van der Waals surface area contributed by atoms with E-state index in [0.29, 0.717) is 17.2 Å². The van der Waals surface area contributed by atoms with Crippen molar-refractivity contribution in [1.29, 1.82) is 0 Å². The highest BCUT2D eigenvalue weighted by molar-refractivity contribution is 5.30. The van der Waals surface area contributed by atoms with Gasteiger partial charge in [0, 0.05) is 24.2 Å². The van der Waals surface area contributed by atoms with E-state index < -0.39 is 0 Å². The van der Waals surface area contributed by atoms with Crippen LogP contribution in [-0.2, 0) is 13.2 Å². The van der Waals surface area contributed by atoms with Gasteiger partial charge in [0.1, 0.15) is 24.5 Å². The Labute approximate surface area is 123 Å². The van der Waals surface area contributed by atoms with Crippen molar-refractivity contribution in [3.63, 3.8) is 0 Å². The highest BCUT2D eigenvalue weighted by atomic mass is 19.1. The third-order valence-electron chi connectivity index (χ3n) is 3.06. The SMILES string of the molecule is CC(C)Cn1ncnc1COc1ccc([C@H](C)N)c(F)c1. The molecule has 0 bridgehead atoms. The van der Waals surface area contributed by atoms with E-state index >= 15 is 0 Å². The Balaban J connectivity index is 2.03. The number of hydrogen-bond donors (Lipinski definition) is 1. The minimum absolute atomic E-state index is 0.254. The van der Waals surface area contributed by atoms with Gasteiger partial charge in [-0.15, -0.1) is 0 Å². The Bertz CT molecular complexity index is 595. The van der Waals surface area contributed by atoms with E-state index in [1.165, 1.54) is 12.4 Å². The van der Waals surface area contributed by atoms with Gasteiger partial charge in [0.05, 0.1) is 0 Å². The first-order chi connectivity index (χ1) is 9.97. The normalized spacial score (nSPS) is 12.7. The molecule has 2 aromatic rings. The molecule has 0 unspecified atom stereocenters. The molecule has 6 heteroatoms. The van der Waals surface area contributed by atoms with Crippen LogP contribution in [0, 0.1) is 11.7 Å². The zero-order chi connectivity index (χ0) is 15.4. The third-order valence-corrected chi connectivity index (χ3v) is 3.06. The molecule has 0 aliphatic carbocycles. The van der Waals surface area contributed by atoms with E-state index in [2.05, 4.69) is 23.9 Å². The Morgan fingerprint density at radius 1 is 1.33 bits per heavy atom. The van der Waals surface area contributed by atoms with Crippen molar-refractivity contribution in [3.05, 3.63) is 41.7 Å². The third kappa shape index (κ3) is 4.01. The van der Waals surface area contributed by atoms with Gasteiger partial charge >= 0.3 is 0 Å². The number of aromatic nitrogens is 3. The largest absolute Gasteiger partial charge is 0.486 e. The number of nitrogens with zero attached hydrogens (tertiary/aromatic N) is 3. The summed E-state index contributed by atoms with van der Waals surface area (Å²) in [4.78, 5) is 4.17. The maximum atomic E-state index is 13.8. The number of nitrogens with two attached hydrogens (primary N) is 1. The number of rotatable bonds is 6. The average molecular weight is 292 g/mol. The van der Waals surface area contributed by atoms with Crippen LogP contribution in [0.25, 0.3) is 0 Å². The molecule has 0 amide bonds. The molecular formula is C15H21FN4O. The predicted octanol–water partition coefficient (Wildman–Crippen LogP) is 2.67. The maximum absolute atomic E-state index is 13.8. The molecule has 0 saturated heterocycles. The molecular weight excluding hydrogens is 271 g/mol. The van der Waals surface area contributed by atoms with Crippen molar-refractivity contribution in [1.82, 2.24) is 14.8 Å². The Morgan fingerprint density at radius 2 is 2.10 bits per heavy atom. The molecule has 0 radical (unpaired) electrons. The molecule has 0 fully saturated rings. The molecule has 1 aromatic carbocycles. The molecule has 21 heavy (non-hydrogen) atoms. The molecule has 1 heterocycles. The van der Waals surface area contributed by atoms with Gasteiger partial charge in [-0.1, -0.05) is 19.9 Å². The Hall–Kier alpha value is -1.95. The van der Waals surface area contributed by atoms with Gasteiger partial charge in [-0.05, 0) is 18.9 Å². The lowest BCUT2D eigenvalue weighted by molar-refractivity contribution is 0.281. The van der Waals surface area contributed by atoms with Gasteiger partial charge < -0.3 is 10.5 Å². The summed E-state index contributed by atoms with van der Waals surface area (Å²) < 4.78 is 21.2. The Kier molecular flexibility index (Phi) is 4.90. The first-order valence-electron chi connectivity index (χ1n) is 7.02. The number of halogens is 1. The van der Waals surface area contributed by atoms with Crippen molar-refractivity contribution >= 4 is 0 Å². The maximum Gasteiger partial charge on any atom is 0.164 e. The second kappa shape index (κ2) is 6.67. The van der Waals surface area contributed by atoms with Crippen molar-refractivity contribution in [2.24, 2.45) is 11.7 Å². The first kappa shape index (κ1) is 15.4. The summed E-state index contributed by atoms with van der Waals surface area (Å²) in [5, 5.41) is 4.16. The lowest BCUT2D eigenvalue weighted by Gasteiger charge is -2.11. The summed E-state index contributed by atoms with van der Waals surface area (Å²) in [6.45, 7) is 6.98. The van der Waals surface area contributed by atoms with E-state index in [9.17, 15) is 4.39 Å². The number of ether oxygens (including phenoxy) is 1. The van der Waals surface area contributed by atoms with E-state index in [4.69, 9.17) is 10.5 Å². The molecule has 0 spiro atoms. The van der Waals surface area contributed by atoms with E-state index in [0.717, 1.165) is 12.4 Å². The standard InChI is InChI=1S/C15H21FN4O/c1-10(2)7-20-15(18-9-19-20)8-21-12-4-5-13(11(3)17)14(16)6-12/h4-6,9-11H,7-8,17H2,1-3H3/t11-/m0/s1.